The van der Waals surface area contributed by atoms with Crippen molar-refractivity contribution in [2.24, 2.45) is 11.1 Å². The molecule has 1 saturated carbocycles. The molecule has 0 radical (unpaired) electrons. The fourth-order valence-electron chi connectivity index (χ4n) is 7.92. The van der Waals surface area contributed by atoms with E-state index in [1.54, 1.807) is 12.1 Å². The minimum Gasteiger partial charge on any atom is -0.367 e. The molecule has 230 valence electrons. The molecule has 9 nitrogen and oxygen atoms in total. The van der Waals surface area contributed by atoms with Gasteiger partial charge >= 0.3 is 0 Å². The first-order valence-electron chi connectivity index (χ1n) is 14.6. The number of anilines is 1. The van der Waals surface area contributed by atoms with E-state index in [4.69, 9.17) is 33.7 Å². The molecule has 6 rings (SSSR count). The first-order valence-corrected chi connectivity index (χ1v) is 15.4. The zero-order chi connectivity index (χ0) is 30.9. The number of hydrogen-bond donors (Lipinski definition) is 4. The van der Waals surface area contributed by atoms with E-state index in [-0.39, 0.29) is 28.6 Å². The van der Waals surface area contributed by atoms with E-state index in [0.29, 0.717) is 42.0 Å². The number of ether oxygens (including phenoxy) is 1. The summed E-state index contributed by atoms with van der Waals surface area (Å²) >= 11 is 12.6. The lowest BCUT2D eigenvalue weighted by Gasteiger charge is -2.50. The Bertz CT molecular complexity index is 1500. The highest BCUT2D eigenvalue weighted by molar-refractivity contribution is 6.31. The van der Waals surface area contributed by atoms with Crippen molar-refractivity contribution in [1.82, 2.24) is 15.6 Å². The fourth-order valence-corrected chi connectivity index (χ4v) is 8.25. The molecule has 3 amide bonds. The quantitative estimate of drug-likeness (QED) is 0.371. The number of nitrogens with one attached hydrogen (secondary N) is 3. The highest BCUT2D eigenvalue weighted by atomic mass is 35.5. The summed E-state index contributed by atoms with van der Waals surface area (Å²) in [6.07, 6.45) is 4.21. The highest BCUT2D eigenvalue weighted by Gasteiger charge is 2.73. The van der Waals surface area contributed by atoms with Crippen LogP contribution in [0.25, 0.3) is 0 Å². The largest absolute Gasteiger partial charge is 0.367 e. The van der Waals surface area contributed by atoms with Crippen molar-refractivity contribution >= 4 is 46.6 Å². The predicted molar refractivity (Wildman–Crippen MR) is 160 cm³/mol. The Morgan fingerprint density at radius 1 is 1.12 bits per heavy atom. The number of nitrogens with zero attached hydrogens (tertiary/aromatic N) is 1. The topological polar surface area (TPSA) is 135 Å². The van der Waals surface area contributed by atoms with E-state index >= 15 is 4.39 Å². The van der Waals surface area contributed by atoms with Crippen molar-refractivity contribution in [3.05, 3.63) is 57.6 Å². The van der Waals surface area contributed by atoms with Gasteiger partial charge in [0.25, 0.3) is 0 Å². The summed E-state index contributed by atoms with van der Waals surface area (Å²) < 4.78 is 21.7. The maximum absolute atomic E-state index is 16.1. The minimum absolute atomic E-state index is 0.0248. The van der Waals surface area contributed by atoms with Crippen LogP contribution in [0.2, 0.25) is 10.2 Å². The number of fused-ring (bicyclic) bond motifs is 3. The maximum atomic E-state index is 16.1. The second-order valence-electron chi connectivity index (χ2n) is 13.6. The van der Waals surface area contributed by atoms with Gasteiger partial charge in [0.2, 0.25) is 17.7 Å². The summed E-state index contributed by atoms with van der Waals surface area (Å²) in [5, 5.41) is 9.91. The van der Waals surface area contributed by atoms with Crippen molar-refractivity contribution in [3.8, 4) is 0 Å². The first-order chi connectivity index (χ1) is 20.2. The Labute approximate surface area is 259 Å². The lowest BCUT2D eigenvalue weighted by atomic mass is 9.53. The number of carbonyl (C=O) groups is 3. The van der Waals surface area contributed by atoms with Crippen LogP contribution >= 0.6 is 23.2 Å². The summed E-state index contributed by atoms with van der Waals surface area (Å²) in [5.41, 5.74) is 3.73. The van der Waals surface area contributed by atoms with E-state index in [9.17, 15) is 14.4 Å². The third kappa shape index (κ3) is 4.72. The summed E-state index contributed by atoms with van der Waals surface area (Å²) in [4.78, 5) is 44.6. The molecule has 3 aliphatic heterocycles. The van der Waals surface area contributed by atoms with Crippen LogP contribution in [0.3, 0.4) is 0 Å². The molecule has 5 N–H and O–H groups in total. The van der Waals surface area contributed by atoms with Crippen molar-refractivity contribution in [3.63, 3.8) is 0 Å². The number of benzene rings is 1. The fraction of sp³-hybridized carbons (Fsp3) is 0.548. The molecular weight excluding hydrogens is 596 g/mol. The van der Waals surface area contributed by atoms with Crippen LogP contribution in [0.1, 0.15) is 76.3 Å². The lowest BCUT2D eigenvalue weighted by Crippen LogP contribution is -2.62. The molecule has 3 fully saturated rings. The van der Waals surface area contributed by atoms with Crippen LogP contribution in [0.15, 0.2) is 30.5 Å². The van der Waals surface area contributed by atoms with Gasteiger partial charge in [-0.2, -0.15) is 0 Å². The molecule has 43 heavy (non-hydrogen) atoms. The van der Waals surface area contributed by atoms with Crippen molar-refractivity contribution in [2.45, 2.75) is 93.9 Å². The van der Waals surface area contributed by atoms with Crippen molar-refractivity contribution in [2.75, 3.05) is 11.9 Å². The molecule has 1 aromatic carbocycles. The van der Waals surface area contributed by atoms with E-state index < -0.39 is 52.2 Å². The number of primary amides is 1. The number of nitrogens with two attached hydrogens (primary N) is 1. The van der Waals surface area contributed by atoms with Crippen LogP contribution in [0.5, 0.6) is 0 Å². The molecule has 2 aromatic rings. The van der Waals surface area contributed by atoms with E-state index in [1.807, 2.05) is 13.0 Å². The number of aromatic nitrogens is 1. The van der Waals surface area contributed by atoms with E-state index in [0.717, 1.165) is 12.8 Å². The van der Waals surface area contributed by atoms with Gasteiger partial charge in [0.1, 0.15) is 11.5 Å². The normalized spacial score (nSPS) is 32.4. The summed E-state index contributed by atoms with van der Waals surface area (Å²) in [7, 11) is 0. The molecule has 2 spiro atoms. The van der Waals surface area contributed by atoms with Gasteiger partial charge in [0, 0.05) is 28.4 Å². The van der Waals surface area contributed by atoms with Crippen molar-refractivity contribution < 1.29 is 23.5 Å². The Kier molecular flexibility index (Phi) is 7.31. The highest BCUT2D eigenvalue weighted by Crippen LogP contribution is 2.64. The van der Waals surface area contributed by atoms with Gasteiger partial charge in [0.15, 0.2) is 11.0 Å². The van der Waals surface area contributed by atoms with Gasteiger partial charge < -0.3 is 21.1 Å². The number of carbonyl (C=O) groups excluding carboxylic acids is 3. The third-order valence-electron chi connectivity index (χ3n) is 10.3. The van der Waals surface area contributed by atoms with Gasteiger partial charge in [-0.1, -0.05) is 43.1 Å². The molecule has 12 heteroatoms. The maximum Gasteiger partial charge on any atom is 0.246 e. The molecule has 1 aliphatic carbocycles. The average molecular weight is 633 g/mol. The number of halogens is 3. The van der Waals surface area contributed by atoms with Gasteiger partial charge in [-0.25, -0.2) is 9.37 Å². The van der Waals surface area contributed by atoms with Crippen LogP contribution in [-0.4, -0.2) is 52.5 Å². The molecule has 4 aliphatic rings. The van der Waals surface area contributed by atoms with Crippen LogP contribution in [0.4, 0.5) is 10.1 Å². The molecule has 0 bridgehead atoms. The minimum atomic E-state index is -1.36. The van der Waals surface area contributed by atoms with Crippen LogP contribution in [-0.2, 0) is 24.5 Å². The number of pyridine rings is 1. The summed E-state index contributed by atoms with van der Waals surface area (Å²) in [6, 6.07) is 5.71. The molecule has 1 aromatic heterocycles. The molecule has 5 atom stereocenters. The average Bonchev–Trinajstić information content (AvgIpc) is 3.40. The number of rotatable bonds is 4. The summed E-state index contributed by atoms with van der Waals surface area (Å²) in [5.74, 6) is -3.03. The lowest BCUT2D eigenvalue weighted by molar-refractivity contribution is -0.137. The second-order valence-corrected chi connectivity index (χ2v) is 14.4. The van der Waals surface area contributed by atoms with Gasteiger partial charge in [0.05, 0.1) is 18.2 Å². The zero-order valence-corrected chi connectivity index (χ0v) is 25.9. The molecule has 2 saturated heterocycles. The Morgan fingerprint density at radius 3 is 2.49 bits per heavy atom. The Balaban J connectivity index is 1.51. The molecule has 4 heterocycles. The van der Waals surface area contributed by atoms with E-state index in [2.05, 4.69) is 34.8 Å². The third-order valence-corrected chi connectivity index (χ3v) is 10.8. The van der Waals surface area contributed by atoms with Gasteiger partial charge in [-0.3, -0.25) is 19.7 Å². The van der Waals surface area contributed by atoms with E-state index in [1.165, 1.54) is 12.3 Å². The van der Waals surface area contributed by atoms with Crippen LogP contribution in [0, 0.1) is 11.2 Å². The van der Waals surface area contributed by atoms with Gasteiger partial charge in [-0.05, 0) is 80.2 Å². The Morgan fingerprint density at radius 2 is 1.84 bits per heavy atom. The SMILES string of the molecule is CC1(C)CCC2(CC1)N[C@@H](C(=O)NC1(C)CCC(C(N)=O)OC1)[C@H](c1ccnc(Cl)c1F)[C@]21C(=O)Nc2cc(Cl)ccc21. The monoisotopic (exact) mass is 631 g/mol. The smallest absolute Gasteiger partial charge is 0.246 e. The second kappa shape index (κ2) is 10.4. The first kappa shape index (κ1) is 30.2. The standard InChI is InChI=1S/C31H36Cl2FN5O4/c1-28(2)9-11-30(12-10-28)31(18-5-4-16(32)14-19(18)37-27(31)42)21(17-7-13-36-24(33)22(17)34)23(38-30)26(41)39-29(3)8-6-20(25(35)40)43-15-29/h4-5,7,13-14,20-21,23,38H,6,8-12,15H2,1-3H3,(H2,35,40)(H,37,42)(H,39,41)/t20?,21-,23+,29?,31+/m0/s1. The summed E-state index contributed by atoms with van der Waals surface area (Å²) in [6.45, 7) is 6.30. The zero-order valence-electron chi connectivity index (χ0n) is 24.4. The number of hydrogen-bond acceptors (Lipinski definition) is 6. The van der Waals surface area contributed by atoms with Gasteiger partial charge in [-0.15, -0.1) is 0 Å². The van der Waals surface area contributed by atoms with Crippen LogP contribution < -0.4 is 21.7 Å². The van der Waals surface area contributed by atoms with Crippen molar-refractivity contribution in [1.29, 1.82) is 0 Å². The Hall–Kier alpha value is -2.79. The number of amides is 3. The molecular formula is C31H36Cl2FN5O4. The molecule has 2 unspecified atom stereocenters. The predicted octanol–water partition coefficient (Wildman–Crippen LogP) is 4.35.